The maximum atomic E-state index is 12.9. The van der Waals surface area contributed by atoms with Gasteiger partial charge in [-0.3, -0.25) is 19.3 Å². The number of nitrogens with zero attached hydrogens (tertiary/aromatic N) is 2. The summed E-state index contributed by atoms with van der Waals surface area (Å²) in [5.41, 5.74) is -1.14. The number of ether oxygens (including phenoxy) is 6. The van der Waals surface area contributed by atoms with Gasteiger partial charge in [0.2, 0.25) is 5.91 Å². The Hall–Kier alpha value is -3.27. The van der Waals surface area contributed by atoms with E-state index in [0.717, 1.165) is 4.90 Å². The highest BCUT2D eigenvalue weighted by atomic mass is 16.6. The lowest BCUT2D eigenvalue weighted by atomic mass is 10.2. The maximum Gasteiger partial charge on any atom is 0.407 e. The Morgan fingerprint density at radius 1 is 0.659 bits per heavy atom. The molecule has 0 aromatic heterocycles. The molecule has 1 aliphatic heterocycles. The van der Waals surface area contributed by atoms with E-state index < -0.39 is 35.2 Å². The lowest BCUT2D eigenvalue weighted by molar-refractivity contribution is -0.138. The predicted molar refractivity (Wildman–Crippen MR) is 159 cm³/mol. The minimum Gasteiger partial charge on any atom is -0.444 e. The summed E-state index contributed by atoms with van der Waals surface area (Å²) in [6.45, 7) is 14.0. The molecule has 1 heterocycles. The normalized spacial score (nSPS) is 13.3. The van der Waals surface area contributed by atoms with Crippen LogP contribution >= 0.6 is 0 Å². The summed E-state index contributed by atoms with van der Waals surface area (Å²) in [4.78, 5) is 62.3. The summed E-state index contributed by atoms with van der Waals surface area (Å²) < 4.78 is 32.3. The molecule has 15 nitrogen and oxygen atoms in total. The molecule has 5 amide bonds. The van der Waals surface area contributed by atoms with Crippen molar-refractivity contribution in [3.63, 3.8) is 0 Å². The molecule has 0 spiro atoms. The summed E-state index contributed by atoms with van der Waals surface area (Å²) >= 11 is 0. The van der Waals surface area contributed by atoms with Crippen molar-refractivity contribution >= 4 is 29.9 Å². The van der Waals surface area contributed by atoms with Crippen LogP contribution in [0.1, 0.15) is 48.0 Å². The van der Waals surface area contributed by atoms with Crippen LogP contribution in [0.3, 0.4) is 0 Å². The van der Waals surface area contributed by atoms with Crippen molar-refractivity contribution in [3.8, 4) is 0 Å². The van der Waals surface area contributed by atoms with Gasteiger partial charge in [0.1, 0.15) is 11.2 Å². The van der Waals surface area contributed by atoms with E-state index in [-0.39, 0.29) is 71.6 Å². The van der Waals surface area contributed by atoms with E-state index in [0.29, 0.717) is 26.3 Å². The van der Waals surface area contributed by atoms with Gasteiger partial charge in [-0.05, 0) is 41.5 Å². The second-order valence-corrected chi connectivity index (χ2v) is 11.6. The van der Waals surface area contributed by atoms with Gasteiger partial charge in [0, 0.05) is 51.3 Å². The van der Waals surface area contributed by atoms with Gasteiger partial charge in [0.15, 0.2) is 0 Å². The Labute approximate surface area is 259 Å². The highest BCUT2D eigenvalue weighted by molar-refractivity contribution is 6.13. The van der Waals surface area contributed by atoms with Crippen molar-refractivity contribution in [1.82, 2.24) is 20.4 Å². The van der Waals surface area contributed by atoms with Crippen LogP contribution in [0.15, 0.2) is 12.2 Å². The Morgan fingerprint density at radius 2 is 1.05 bits per heavy atom. The molecule has 0 bridgehead atoms. The van der Waals surface area contributed by atoms with Crippen molar-refractivity contribution in [2.45, 2.75) is 59.2 Å². The average Bonchev–Trinajstić information content (AvgIpc) is 3.23. The fourth-order valence-electron chi connectivity index (χ4n) is 3.45. The predicted octanol–water partition coefficient (Wildman–Crippen LogP) is 1.25. The van der Waals surface area contributed by atoms with E-state index in [1.807, 2.05) is 0 Å². The van der Waals surface area contributed by atoms with Gasteiger partial charge < -0.3 is 44.0 Å². The highest BCUT2D eigenvalue weighted by Gasteiger charge is 2.25. The average molecular weight is 631 g/mol. The molecule has 1 rings (SSSR count). The first kappa shape index (κ1) is 38.8. The zero-order valence-electron chi connectivity index (χ0n) is 26.9. The number of alkyl carbamates (subject to hydrolysis) is 2. The molecular formula is C29H50N4O11. The van der Waals surface area contributed by atoms with Crippen molar-refractivity contribution in [2.24, 2.45) is 0 Å². The molecule has 15 heteroatoms. The summed E-state index contributed by atoms with van der Waals surface area (Å²) in [6, 6.07) is 0. The quantitative estimate of drug-likeness (QED) is 0.138. The topological polar surface area (TPSA) is 171 Å². The third-order valence-electron chi connectivity index (χ3n) is 5.39. The SMILES string of the molecule is CC(C)(C)OC(=O)NCCOCCOCCN(CCOCCOCCNC(=O)OC(C)(C)C)C(=O)CCN1C(=O)C=CC1=O. The van der Waals surface area contributed by atoms with Gasteiger partial charge in [0.05, 0.1) is 52.9 Å². The molecule has 0 fully saturated rings. The fraction of sp³-hybridized carbons (Fsp3) is 0.759. The van der Waals surface area contributed by atoms with Gasteiger partial charge in [-0.25, -0.2) is 9.59 Å². The third kappa shape index (κ3) is 19.8. The first-order valence-corrected chi connectivity index (χ1v) is 14.7. The first-order chi connectivity index (χ1) is 20.7. The van der Waals surface area contributed by atoms with Crippen LogP contribution in [0.2, 0.25) is 0 Å². The molecule has 0 saturated heterocycles. The molecule has 0 aromatic rings. The molecule has 252 valence electrons. The van der Waals surface area contributed by atoms with Crippen molar-refractivity contribution in [2.75, 3.05) is 85.6 Å². The van der Waals surface area contributed by atoms with Gasteiger partial charge >= 0.3 is 12.2 Å². The fourth-order valence-corrected chi connectivity index (χ4v) is 3.45. The highest BCUT2D eigenvalue weighted by Crippen LogP contribution is 2.08. The second-order valence-electron chi connectivity index (χ2n) is 11.6. The van der Waals surface area contributed by atoms with E-state index >= 15 is 0 Å². The molecule has 0 aromatic carbocycles. The molecular weight excluding hydrogens is 580 g/mol. The third-order valence-corrected chi connectivity index (χ3v) is 5.39. The summed E-state index contributed by atoms with van der Waals surface area (Å²) in [5, 5.41) is 5.20. The van der Waals surface area contributed by atoms with Crippen LogP contribution < -0.4 is 10.6 Å². The van der Waals surface area contributed by atoms with Gasteiger partial charge in [-0.2, -0.15) is 0 Å². The zero-order chi connectivity index (χ0) is 33.0. The maximum absolute atomic E-state index is 12.9. The first-order valence-electron chi connectivity index (χ1n) is 14.7. The van der Waals surface area contributed by atoms with Crippen LogP contribution in [0, 0.1) is 0 Å². The molecule has 2 N–H and O–H groups in total. The molecule has 0 atom stereocenters. The smallest absolute Gasteiger partial charge is 0.407 e. The largest absolute Gasteiger partial charge is 0.444 e. The number of amides is 5. The Balaban J connectivity index is 2.29. The van der Waals surface area contributed by atoms with Gasteiger partial charge in [0.25, 0.3) is 11.8 Å². The molecule has 1 aliphatic rings. The number of nitrogens with one attached hydrogen (secondary N) is 2. The lowest BCUT2D eigenvalue weighted by Crippen LogP contribution is -2.40. The number of hydrogen-bond acceptors (Lipinski definition) is 11. The number of hydrogen-bond donors (Lipinski definition) is 2. The second kappa shape index (κ2) is 20.6. The van der Waals surface area contributed by atoms with E-state index in [9.17, 15) is 24.0 Å². The number of carbonyl (C=O) groups excluding carboxylic acids is 5. The van der Waals surface area contributed by atoms with E-state index in [1.165, 1.54) is 12.2 Å². The molecule has 0 unspecified atom stereocenters. The molecule has 0 radical (unpaired) electrons. The molecule has 44 heavy (non-hydrogen) atoms. The van der Waals surface area contributed by atoms with Crippen LogP contribution in [0.4, 0.5) is 9.59 Å². The number of carbonyl (C=O) groups is 5. The minimum atomic E-state index is -0.571. The van der Waals surface area contributed by atoms with Crippen molar-refractivity contribution in [1.29, 1.82) is 0 Å². The van der Waals surface area contributed by atoms with E-state index in [2.05, 4.69) is 10.6 Å². The van der Waals surface area contributed by atoms with Gasteiger partial charge in [-0.15, -0.1) is 0 Å². The van der Waals surface area contributed by atoms with E-state index in [4.69, 9.17) is 28.4 Å². The van der Waals surface area contributed by atoms with Crippen LogP contribution in [-0.4, -0.2) is 136 Å². The van der Waals surface area contributed by atoms with Crippen molar-refractivity contribution in [3.05, 3.63) is 12.2 Å². The summed E-state index contributed by atoms with van der Waals surface area (Å²) in [6.07, 6.45) is 1.30. The Morgan fingerprint density at radius 3 is 1.43 bits per heavy atom. The minimum absolute atomic E-state index is 0.0158. The number of imide groups is 1. The summed E-state index contributed by atoms with van der Waals surface area (Å²) in [5.74, 6) is -1.13. The molecule has 0 saturated carbocycles. The lowest BCUT2D eigenvalue weighted by Gasteiger charge is -2.24. The standard InChI is InChI=1S/C29H50N4O11/c1-28(2,3)43-26(37)30-10-15-39-19-21-41-17-13-32(23(34)9-12-33-24(35)7-8-25(33)36)14-18-42-22-20-40-16-11-31-27(38)44-29(4,5)6/h7-8H,9-22H2,1-6H3,(H,30,37)(H,31,38). The summed E-state index contributed by atoms with van der Waals surface area (Å²) in [7, 11) is 0. The monoisotopic (exact) mass is 630 g/mol. The Bertz CT molecular complexity index is 881. The van der Waals surface area contributed by atoms with Crippen LogP contribution in [0.5, 0.6) is 0 Å². The zero-order valence-corrected chi connectivity index (χ0v) is 26.9. The van der Waals surface area contributed by atoms with Crippen LogP contribution in [-0.2, 0) is 42.8 Å². The Kier molecular flexibility index (Phi) is 18.2. The van der Waals surface area contributed by atoms with E-state index in [1.54, 1.807) is 46.4 Å². The molecule has 0 aliphatic carbocycles. The van der Waals surface area contributed by atoms with Crippen molar-refractivity contribution < 1.29 is 52.4 Å². The van der Waals surface area contributed by atoms with Crippen LogP contribution in [0.25, 0.3) is 0 Å². The van der Waals surface area contributed by atoms with Gasteiger partial charge in [-0.1, -0.05) is 0 Å². The number of rotatable bonds is 21.